The van der Waals surface area contributed by atoms with Crippen LogP contribution < -0.4 is 9.64 Å². The lowest BCUT2D eigenvalue weighted by Crippen LogP contribution is -2.29. The van der Waals surface area contributed by atoms with Gasteiger partial charge in [-0.3, -0.25) is 9.59 Å². The Labute approximate surface area is 160 Å². The average molecular weight is 373 g/mol. The number of aryl methyl sites for hydroxylation is 1. The van der Waals surface area contributed by atoms with Crippen LogP contribution >= 0.6 is 0 Å². The van der Waals surface area contributed by atoms with E-state index < -0.39 is 17.8 Å². The maximum Gasteiger partial charge on any atom is 0.335 e. The minimum atomic E-state index is -1.15. The van der Waals surface area contributed by atoms with E-state index in [1.165, 1.54) is 18.2 Å². The van der Waals surface area contributed by atoms with E-state index in [1.54, 1.807) is 24.3 Å². The van der Waals surface area contributed by atoms with Crippen molar-refractivity contribution in [1.29, 1.82) is 0 Å². The van der Waals surface area contributed by atoms with E-state index in [4.69, 9.17) is 9.84 Å². The van der Waals surface area contributed by atoms with Crippen LogP contribution in [0.3, 0.4) is 0 Å². The number of benzene rings is 3. The van der Waals surface area contributed by atoms with Crippen LogP contribution in [0.2, 0.25) is 0 Å². The molecule has 0 spiro atoms. The van der Waals surface area contributed by atoms with Crippen molar-refractivity contribution in [1.82, 2.24) is 0 Å². The van der Waals surface area contributed by atoms with Gasteiger partial charge in [-0.25, -0.2) is 9.69 Å². The monoisotopic (exact) mass is 373 g/mol. The molecule has 0 saturated heterocycles. The molecule has 0 bridgehead atoms. The Morgan fingerprint density at radius 1 is 0.821 bits per heavy atom. The highest BCUT2D eigenvalue weighted by Crippen LogP contribution is 2.31. The van der Waals surface area contributed by atoms with Gasteiger partial charge in [-0.05, 0) is 61.5 Å². The first-order valence-electron chi connectivity index (χ1n) is 8.55. The van der Waals surface area contributed by atoms with Gasteiger partial charge in [0.25, 0.3) is 11.8 Å². The van der Waals surface area contributed by atoms with E-state index in [2.05, 4.69) is 0 Å². The molecule has 6 heteroatoms. The Balaban J connectivity index is 1.59. The second-order valence-corrected chi connectivity index (χ2v) is 6.42. The van der Waals surface area contributed by atoms with Crippen molar-refractivity contribution in [3.8, 4) is 11.5 Å². The lowest BCUT2D eigenvalue weighted by atomic mass is 10.1. The highest BCUT2D eigenvalue weighted by Gasteiger charge is 2.37. The first kappa shape index (κ1) is 17.5. The first-order chi connectivity index (χ1) is 13.4. The summed E-state index contributed by atoms with van der Waals surface area (Å²) in [6.45, 7) is 1.99. The van der Waals surface area contributed by atoms with Gasteiger partial charge < -0.3 is 9.84 Å². The molecule has 28 heavy (non-hydrogen) atoms. The summed E-state index contributed by atoms with van der Waals surface area (Å²) >= 11 is 0. The molecule has 3 aromatic rings. The quantitative estimate of drug-likeness (QED) is 0.690. The second kappa shape index (κ2) is 6.66. The topological polar surface area (TPSA) is 83.9 Å². The minimum Gasteiger partial charge on any atom is -0.478 e. The lowest BCUT2D eigenvalue weighted by Gasteiger charge is -2.14. The number of carboxylic acid groups (broad SMARTS) is 1. The van der Waals surface area contributed by atoms with Crippen LogP contribution in [0.1, 0.15) is 36.6 Å². The van der Waals surface area contributed by atoms with Gasteiger partial charge in [0.1, 0.15) is 11.5 Å². The molecule has 1 N–H and O–H groups in total. The number of ether oxygens (including phenoxy) is 1. The Morgan fingerprint density at radius 3 is 2.00 bits per heavy atom. The number of anilines is 1. The molecule has 0 aromatic heterocycles. The summed E-state index contributed by atoms with van der Waals surface area (Å²) < 4.78 is 5.75. The third kappa shape index (κ3) is 3.01. The number of amides is 2. The third-order valence-electron chi connectivity index (χ3n) is 4.49. The smallest absolute Gasteiger partial charge is 0.335 e. The van der Waals surface area contributed by atoms with Crippen molar-refractivity contribution >= 4 is 23.5 Å². The van der Waals surface area contributed by atoms with Crippen LogP contribution in [-0.2, 0) is 0 Å². The Morgan fingerprint density at radius 2 is 1.39 bits per heavy atom. The van der Waals surface area contributed by atoms with Gasteiger partial charge >= 0.3 is 5.97 Å². The van der Waals surface area contributed by atoms with Crippen LogP contribution in [0.4, 0.5) is 5.69 Å². The van der Waals surface area contributed by atoms with E-state index in [-0.39, 0.29) is 16.7 Å². The maximum absolute atomic E-state index is 12.7. The predicted octanol–water partition coefficient (Wildman–Crippen LogP) is 4.29. The standard InChI is InChI=1S/C22H15NO5/c1-13-2-7-16(8-3-13)28-17-9-5-15(6-10-17)23-20(24)18-11-4-14(22(26)27)12-19(18)21(23)25/h2-12H,1H3,(H,26,27). The van der Waals surface area contributed by atoms with E-state index in [9.17, 15) is 14.4 Å². The SMILES string of the molecule is Cc1ccc(Oc2ccc(N3C(=O)c4ccc(C(=O)O)cc4C3=O)cc2)cc1. The molecule has 138 valence electrons. The number of carboxylic acids is 1. The molecule has 0 atom stereocenters. The van der Waals surface area contributed by atoms with Gasteiger partial charge in [-0.1, -0.05) is 17.7 Å². The fraction of sp³-hybridized carbons (Fsp3) is 0.0455. The van der Waals surface area contributed by atoms with E-state index in [0.29, 0.717) is 17.2 Å². The zero-order valence-corrected chi connectivity index (χ0v) is 14.9. The first-order valence-corrected chi connectivity index (χ1v) is 8.55. The van der Waals surface area contributed by atoms with E-state index in [0.717, 1.165) is 10.5 Å². The van der Waals surface area contributed by atoms with Crippen LogP contribution in [0.15, 0.2) is 66.7 Å². The van der Waals surface area contributed by atoms with Gasteiger partial charge in [-0.2, -0.15) is 0 Å². The minimum absolute atomic E-state index is 0.0383. The van der Waals surface area contributed by atoms with Crippen molar-refractivity contribution in [3.63, 3.8) is 0 Å². The van der Waals surface area contributed by atoms with Gasteiger partial charge in [0, 0.05) is 0 Å². The molecule has 3 aromatic carbocycles. The number of nitrogens with zero attached hydrogens (tertiary/aromatic N) is 1. The lowest BCUT2D eigenvalue weighted by molar-refractivity contribution is 0.0696. The molecular weight excluding hydrogens is 358 g/mol. The van der Waals surface area contributed by atoms with Crippen LogP contribution in [0, 0.1) is 6.92 Å². The van der Waals surface area contributed by atoms with Crippen molar-refractivity contribution in [2.75, 3.05) is 4.90 Å². The summed E-state index contributed by atoms with van der Waals surface area (Å²) in [6.07, 6.45) is 0. The molecule has 1 aliphatic heterocycles. The summed E-state index contributed by atoms with van der Waals surface area (Å²) in [5, 5.41) is 9.09. The number of aromatic carboxylic acids is 1. The van der Waals surface area contributed by atoms with Crippen LogP contribution in [0.5, 0.6) is 11.5 Å². The van der Waals surface area contributed by atoms with Gasteiger partial charge in [0.05, 0.1) is 22.4 Å². The highest BCUT2D eigenvalue weighted by molar-refractivity contribution is 6.34. The summed E-state index contributed by atoms with van der Waals surface area (Å²) in [6, 6.07) is 18.1. The molecule has 1 heterocycles. The number of carbonyl (C=O) groups excluding carboxylic acids is 2. The Kier molecular flexibility index (Phi) is 4.16. The van der Waals surface area contributed by atoms with Crippen molar-refractivity contribution in [2.45, 2.75) is 6.92 Å². The largest absolute Gasteiger partial charge is 0.478 e. The normalized spacial score (nSPS) is 12.8. The zero-order chi connectivity index (χ0) is 19.8. The molecule has 0 fully saturated rings. The van der Waals surface area contributed by atoms with E-state index >= 15 is 0 Å². The second-order valence-electron chi connectivity index (χ2n) is 6.42. The Hall–Kier alpha value is -3.93. The summed E-state index contributed by atoms with van der Waals surface area (Å²) in [4.78, 5) is 37.5. The maximum atomic E-state index is 12.7. The summed E-state index contributed by atoms with van der Waals surface area (Å²) in [5.41, 5.74) is 1.75. The number of imide groups is 1. The molecule has 2 amide bonds. The molecule has 0 aliphatic carbocycles. The molecule has 6 nitrogen and oxygen atoms in total. The molecule has 1 aliphatic rings. The molecule has 0 unspecified atom stereocenters. The summed E-state index contributed by atoms with van der Waals surface area (Å²) in [7, 11) is 0. The number of rotatable bonds is 4. The van der Waals surface area contributed by atoms with Crippen LogP contribution in [0.25, 0.3) is 0 Å². The number of hydrogen-bond donors (Lipinski definition) is 1. The highest BCUT2D eigenvalue weighted by atomic mass is 16.5. The predicted molar refractivity (Wildman–Crippen MR) is 102 cm³/mol. The van der Waals surface area contributed by atoms with E-state index in [1.807, 2.05) is 31.2 Å². The van der Waals surface area contributed by atoms with Crippen molar-refractivity contribution in [3.05, 3.63) is 89.0 Å². The van der Waals surface area contributed by atoms with Crippen LogP contribution in [-0.4, -0.2) is 22.9 Å². The molecule has 4 rings (SSSR count). The molecule has 0 radical (unpaired) electrons. The molecule has 0 saturated carbocycles. The zero-order valence-electron chi connectivity index (χ0n) is 14.9. The van der Waals surface area contributed by atoms with Crippen molar-refractivity contribution < 1.29 is 24.2 Å². The third-order valence-corrected chi connectivity index (χ3v) is 4.49. The number of carbonyl (C=O) groups is 3. The van der Waals surface area contributed by atoms with Gasteiger partial charge in [0.2, 0.25) is 0 Å². The Bertz CT molecular complexity index is 1100. The van der Waals surface area contributed by atoms with Crippen molar-refractivity contribution in [2.24, 2.45) is 0 Å². The number of hydrogen-bond acceptors (Lipinski definition) is 4. The molecular formula is C22H15NO5. The van der Waals surface area contributed by atoms with Gasteiger partial charge in [-0.15, -0.1) is 0 Å². The van der Waals surface area contributed by atoms with Gasteiger partial charge in [0.15, 0.2) is 0 Å². The summed E-state index contributed by atoms with van der Waals surface area (Å²) in [5.74, 6) is -0.934. The fourth-order valence-corrected chi connectivity index (χ4v) is 3.01. The average Bonchev–Trinajstić information content (AvgIpc) is 2.94. The fourth-order valence-electron chi connectivity index (χ4n) is 3.01. The number of fused-ring (bicyclic) bond motifs is 1.